The molecule has 2 atom stereocenters. The lowest BCUT2D eigenvalue weighted by atomic mass is 10.1. The van der Waals surface area contributed by atoms with Crippen LogP contribution in [0.15, 0.2) is 18.2 Å². The van der Waals surface area contributed by atoms with Crippen LogP contribution in [-0.4, -0.2) is 36.7 Å². The van der Waals surface area contributed by atoms with Crippen molar-refractivity contribution in [1.29, 1.82) is 0 Å². The number of nitrogens with one attached hydrogen (secondary N) is 1. The molecule has 0 bridgehead atoms. The van der Waals surface area contributed by atoms with Gasteiger partial charge >= 0.3 is 5.97 Å². The number of benzene rings is 1. The van der Waals surface area contributed by atoms with Crippen LogP contribution in [-0.2, 0) is 16.0 Å². The number of rotatable bonds is 6. The number of methoxy groups -OCH3 is 1. The summed E-state index contributed by atoms with van der Waals surface area (Å²) in [4.78, 5) is 22.4. The van der Waals surface area contributed by atoms with Gasteiger partial charge in [0.2, 0.25) is 5.91 Å². The summed E-state index contributed by atoms with van der Waals surface area (Å²) in [6, 6.07) is 3.84. The molecule has 1 fully saturated rings. The number of hydrogen-bond acceptors (Lipinski definition) is 3. The van der Waals surface area contributed by atoms with Crippen molar-refractivity contribution in [2.24, 2.45) is 5.92 Å². The van der Waals surface area contributed by atoms with Crippen molar-refractivity contribution in [3.63, 3.8) is 0 Å². The minimum absolute atomic E-state index is 0.0347. The third-order valence-electron chi connectivity index (χ3n) is 3.28. The van der Waals surface area contributed by atoms with Gasteiger partial charge in [-0.3, -0.25) is 4.79 Å². The number of carbonyl (C=O) groups excluding carboxylic acids is 1. The van der Waals surface area contributed by atoms with E-state index in [9.17, 15) is 14.0 Å². The third-order valence-corrected chi connectivity index (χ3v) is 3.28. The van der Waals surface area contributed by atoms with Crippen LogP contribution in [0.4, 0.5) is 4.39 Å². The molecule has 0 aliphatic heterocycles. The van der Waals surface area contributed by atoms with Gasteiger partial charge in [0.1, 0.15) is 5.82 Å². The Morgan fingerprint density at radius 2 is 2.25 bits per heavy atom. The highest BCUT2D eigenvalue weighted by Crippen LogP contribution is 2.30. The third kappa shape index (κ3) is 3.54. The predicted molar refractivity (Wildman–Crippen MR) is 69.0 cm³/mol. The van der Waals surface area contributed by atoms with Gasteiger partial charge in [0.15, 0.2) is 0 Å². The first-order valence-electron chi connectivity index (χ1n) is 6.31. The van der Waals surface area contributed by atoms with E-state index in [0.29, 0.717) is 18.1 Å². The Morgan fingerprint density at radius 3 is 2.85 bits per heavy atom. The lowest BCUT2D eigenvalue weighted by molar-refractivity contribution is -0.120. The Hall–Kier alpha value is -1.95. The zero-order valence-corrected chi connectivity index (χ0v) is 11.1. The number of carboxylic acid groups (broad SMARTS) is 1. The van der Waals surface area contributed by atoms with E-state index in [1.807, 2.05) is 0 Å². The SMILES string of the molecule is COC[C@H]1C[C@@H]1NC(=O)Cc1ccc(C(=O)O)c(F)c1. The lowest BCUT2D eigenvalue weighted by Gasteiger charge is -2.06. The van der Waals surface area contributed by atoms with Crippen molar-refractivity contribution in [3.05, 3.63) is 35.1 Å². The van der Waals surface area contributed by atoms with Gasteiger partial charge in [-0.05, 0) is 24.1 Å². The fourth-order valence-corrected chi connectivity index (χ4v) is 2.11. The predicted octanol–water partition coefficient (Wildman–Crippen LogP) is 1.22. The van der Waals surface area contributed by atoms with Gasteiger partial charge in [-0.2, -0.15) is 0 Å². The van der Waals surface area contributed by atoms with Gasteiger partial charge in [-0.25, -0.2) is 9.18 Å². The minimum Gasteiger partial charge on any atom is -0.478 e. The van der Waals surface area contributed by atoms with Gasteiger partial charge in [0.05, 0.1) is 18.6 Å². The molecule has 0 spiro atoms. The van der Waals surface area contributed by atoms with E-state index in [2.05, 4.69) is 5.32 Å². The second kappa shape index (κ2) is 6.00. The first-order valence-corrected chi connectivity index (χ1v) is 6.31. The van der Waals surface area contributed by atoms with E-state index >= 15 is 0 Å². The molecule has 20 heavy (non-hydrogen) atoms. The maximum atomic E-state index is 13.5. The molecule has 108 valence electrons. The van der Waals surface area contributed by atoms with Crippen molar-refractivity contribution in [2.45, 2.75) is 18.9 Å². The summed E-state index contributed by atoms with van der Waals surface area (Å²) in [5, 5.41) is 11.6. The van der Waals surface area contributed by atoms with Gasteiger partial charge in [-0.15, -0.1) is 0 Å². The number of halogens is 1. The van der Waals surface area contributed by atoms with Crippen LogP contribution in [0.2, 0.25) is 0 Å². The minimum atomic E-state index is -1.32. The number of ether oxygens (including phenoxy) is 1. The Morgan fingerprint density at radius 1 is 1.50 bits per heavy atom. The quantitative estimate of drug-likeness (QED) is 0.822. The molecule has 1 saturated carbocycles. The van der Waals surface area contributed by atoms with E-state index in [1.165, 1.54) is 12.1 Å². The Kier molecular flexibility index (Phi) is 4.34. The molecule has 0 saturated heterocycles. The van der Waals surface area contributed by atoms with Crippen molar-refractivity contribution in [2.75, 3.05) is 13.7 Å². The van der Waals surface area contributed by atoms with E-state index in [4.69, 9.17) is 9.84 Å². The molecule has 1 aliphatic rings. The maximum Gasteiger partial charge on any atom is 0.338 e. The van der Waals surface area contributed by atoms with Crippen molar-refractivity contribution in [3.8, 4) is 0 Å². The van der Waals surface area contributed by atoms with Crippen molar-refractivity contribution < 1.29 is 23.8 Å². The summed E-state index contributed by atoms with van der Waals surface area (Å²) in [6.07, 6.45) is 0.929. The summed E-state index contributed by atoms with van der Waals surface area (Å²) >= 11 is 0. The number of aromatic carboxylic acids is 1. The number of hydrogen-bond donors (Lipinski definition) is 2. The van der Waals surface area contributed by atoms with E-state index in [1.54, 1.807) is 7.11 Å². The molecular formula is C14H16FNO4. The van der Waals surface area contributed by atoms with Crippen LogP contribution in [0.25, 0.3) is 0 Å². The lowest BCUT2D eigenvalue weighted by Crippen LogP contribution is -2.29. The zero-order valence-electron chi connectivity index (χ0n) is 11.1. The van der Waals surface area contributed by atoms with Gasteiger partial charge in [0, 0.05) is 19.1 Å². The molecule has 2 rings (SSSR count). The molecule has 1 aliphatic carbocycles. The molecule has 1 amide bonds. The highest BCUT2D eigenvalue weighted by Gasteiger charge is 2.37. The highest BCUT2D eigenvalue weighted by molar-refractivity contribution is 5.88. The number of carboxylic acids is 1. The average molecular weight is 281 g/mol. The zero-order chi connectivity index (χ0) is 14.7. The molecule has 0 heterocycles. The van der Waals surface area contributed by atoms with Crippen LogP contribution in [0.5, 0.6) is 0 Å². The van der Waals surface area contributed by atoms with Crippen LogP contribution >= 0.6 is 0 Å². The average Bonchev–Trinajstić information content (AvgIpc) is 3.06. The van der Waals surface area contributed by atoms with E-state index < -0.39 is 17.3 Å². The van der Waals surface area contributed by atoms with E-state index in [-0.39, 0.29) is 18.4 Å². The largest absolute Gasteiger partial charge is 0.478 e. The smallest absolute Gasteiger partial charge is 0.338 e. The second-order valence-electron chi connectivity index (χ2n) is 4.92. The molecule has 0 aromatic heterocycles. The molecule has 1 aromatic carbocycles. The molecule has 0 unspecified atom stereocenters. The molecule has 1 aromatic rings. The standard InChI is InChI=1S/C14H16FNO4/c1-20-7-9-6-12(9)16-13(17)5-8-2-3-10(14(18)19)11(15)4-8/h2-4,9,12H,5-7H2,1H3,(H,16,17)(H,18,19)/t9-,12+/m1/s1. The Bertz CT molecular complexity index is 532. The summed E-state index contributed by atoms with van der Waals surface area (Å²) in [6.45, 7) is 0.618. The summed E-state index contributed by atoms with van der Waals surface area (Å²) in [7, 11) is 1.62. The Balaban J connectivity index is 1.89. The summed E-state index contributed by atoms with van der Waals surface area (Å²) in [5.74, 6) is -1.99. The Labute approximate surface area is 115 Å². The molecule has 5 nitrogen and oxygen atoms in total. The van der Waals surface area contributed by atoms with Gasteiger partial charge in [-0.1, -0.05) is 6.07 Å². The highest BCUT2D eigenvalue weighted by atomic mass is 19.1. The first kappa shape index (κ1) is 14.5. The number of carbonyl (C=O) groups is 2. The van der Waals surface area contributed by atoms with Crippen LogP contribution in [0.3, 0.4) is 0 Å². The van der Waals surface area contributed by atoms with Crippen LogP contribution in [0.1, 0.15) is 22.3 Å². The fourth-order valence-electron chi connectivity index (χ4n) is 2.11. The number of amides is 1. The van der Waals surface area contributed by atoms with Gasteiger partial charge < -0.3 is 15.2 Å². The first-order chi connectivity index (χ1) is 9.51. The normalized spacial score (nSPS) is 20.5. The monoisotopic (exact) mass is 281 g/mol. The molecule has 0 radical (unpaired) electrons. The van der Waals surface area contributed by atoms with Crippen LogP contribution < -0.4 is 5.32 Å². The summed E-state index contributed by atoms with van der Waals surface area (Å²) in [5.41, 5.74) is 0.0606. The summed E-state index contributed by atoms with van der Waals surface area (Å²) < 4.78 is 18.5. The molecule has 6 heteroatoms. The second-order valence-corrected chi connectivity index (χ2v) is 4.92. The fraction of sp³-hybridized carbons (Fsp3) is 0.429. The maximum absolute atomic E-state index is 13.5. The molecular weight excluding hydrogens is 265 g/mol. The van der Waals surface area contributed by atoms with Crippen molar-refractivity contribution >= 4 is 11.9 Å². The van der Waals surface area contributed by atoms with Crippen molar-refractivity contribution in [1.82, 2.24) is 5.32 Å². The topological polar surface area (TPSA) is 75.6 Å². The van der Waals surface area contributed by atoms with E-state index in [0.717, 1.165) is 12.5 Å². The van der Waals surface area contributed by atoms with Gasteiger partial charge in [0.25, 0.3) is 0 Å². The molecule has 2 N–H and O–H groups in total. The van der Waals surface area contributed by atoms with Crippen LogP contribution in [0, 0.1) is 11.7 Å².